The molecule has 0 fully saturated rings. The van der Waals surface area contributed by atoms with Crippen LogP contribution in [0, 0.1) is 5.82 Å². The monoisotopic (exact) mass is 347 g/mol. The molecule has 0 radical (unpaired) electrons. The second-order valence-electron chi connectivity index (χ2n) is 4.60. The van der Waals surface area contributed by atoms with Gasteiger partial charge in [-0.2, -0.15) is 0 Å². The zero-order valence-corrected chi connectivity index (χ0v) is 13.1. The minimum Gasteiger partial charge on any atom is -0.388 e. The molecule has 112 valence electrons. The second-order valence-corrected chi connectivity index (χ2v) is 5.80. The van der Waals surface area contributed by atoms with Gasteiger partial charge < -0.3 is 10.8 Å². The van der Waals surface area contributed by atoms with E-state index >= 15 is 0 Å². The van der Waals surface area contributed by atoms with Gasteiger partial charge in [-0.15, -0.1) is 0 Å². The summed E-state index contributed by atoms with van der Waals surface area (Å²) in [6.45, 7) is 0.145. The summed E-state index contributed by atoms with van der Waals surface area (Å²) in [6.07, 6.45) is -1.05. The average Bonchev–Trinajstić information content (AvgIpc) is 2.46. The molecule has 2 aromatic carbocycles. The number of hydrogen-bond acceptors (Lipinski definition) is 2. The molecule has 0 heterocycles. The van der Waals surface area contributed by atoms with Crippen LogP contribution >= 0.6 is 34.8 Å². The fourth-order valence-corrected chi connectivity index (χ4v) is 2.70. The smallest absolute Gasteiger partial charge is 0.142 e. The molecule has 0 aliphatic carbocycles. The van der Waals surface area contributed by atoms with Gasteiger partial charge in [0.15, 0.2) is 0 Å². The van der Waals surface area contributed by atoms with Crippen molar-refractivity contribution in [2.45, 2.75) is 12.0 Å². The van der Waals surface area contributed by atoms with Crippen molar-refractivity contribution in [3.05, 3.63) is 68.4 Å². The van der Waals surface area contributed by atoms with Gasteiger partial charge in [0, 0.05) is 18.0 Å². The number of rotatable bonds is 4. The largest absolute Gasteiger partial charge is 0.388 e. The van der Waals surface area contributed by atoms with E-state index in [2.05, 4.69) is 0 Å². The van der Waals surface area contributed by atoms with Crippen molar-refractivity contribution in [1.82, 2.24) is 0 Å². The third-order valence-electron chi connectivity index (χ3n) is 3.31. The fourth-order valence-electron chi connectivity index (χ4n) is 2.16. The molecule has 0 saturated heterocycles. The maximum Gasteiger partial charge on any atom is 0.142 e. The van der Waals surface area contributed by atoms with Gasteiger partial charge in [-0.3, -0.25) is 0 Å². The van der Waals surface area contributed by atoms with E-state index in [4.69, 9.17) is 40.5 Å². The van der Waals surface area contributed by atoms with E-state index in [0.29, 0.717) is 15.6 Å². The first-order valence-corrected chi connectivity index (χ1v) is 7.36. The lowest BCUT2D eigenvalue weighted by Gasteiger charge is -2.23. The number of nitrogens with two attached hydrogens (primary N) is 1. The third kappa shape index (κ3) is 3.50. The topological polar surface area (TPSA) is 46.2 Å². The van der Waals surface area contributed by atoms with Crippen molar-refractivity contribution in [1.29, 1.82) is 0 Å². The molecule has 0 aromatic heterocycles. The van der Waals surface area contributed by atoms with E-state index in [-0.39, 0.29) is 17.1 Å². The molecule has 0 saturated carbocycles. The van der Waals surface area contributed by atoms with Crippen LogP contribution in [0.1, 0.15) is 23.1 Å². The first-order valence-electron chi connectivity index (χ1n) is 6.22. The molecular weight excluding hydrogens is 336 g/mol. The first-order chi connectivity index (χ1) is 9.95. The predicted octanol–water partition coefficient (Wildman–Crippen LogP) is 4.56. The van der Waals surface area contributed by atoms with Crippen LogP contribution in [-0.4, -0.2) is 11.7 Å². The quantitative estimate of drug-likeness (QED) is 0.850. The highest BCUT2D eigenvalue weighted by Gasteiger charge is 2.25. The summed E-state index contributed by atoms with van der Waals surface area (Å²) in [5, 5.41) is 11.2. The van der Waals surface area contributed by atoms with E-state index in [1.807, 2.05) is 0 Å². The predicted molar refractivity (Wildman–Crippen MR) is 84.6 cm³/mol. The SMILES string of the molecule is NCC(c1ccc(Cl)c(Cl)c1)C(O)c1cccc(F)c1Cl. The van der Waals surface area contributed by atoms with Gasteiger partial charge in [-0.25, -0.2) is 4.39 Å². The van der Waals surface area contributed by atoms with Gasteiger partial charge in [-0.1, -0.05) is 53.0 Å². The Balaban J connectivity index is 2.40. The standard InChI is InChI=1S/C15H13Cl3FNO/c16-11-5-4-8(6-12(11)17)10(7-20)15(21)9-2-1-3-13(19)14(9)18/h1-6,10,15,21H,7,20H2. The second kappa shape index (κ2) is 6.95. The van der Waals surface area contributed by atoms with Crippen molar-refractivity contribution in [2.24, 2.45) is 5.73 Å². The minimum atomic E-state index is -1.05. The van der Waals surface area contributed by atoms with E-state index < -0.39 is 17.8 Å². The van der Waals surface area contributed by atoms with Crippen LogP contribution in [0.15, 0.2) is 36.4 Å². The van der Waals surface area contributed by atoms with Crippen molar-refractivity contribution in [2.75, 3.05) is 6.54 Å². The molecule has 0 amide bonds. The zero-order chi connectivity index (χ0) is 15.6. The fraction of sp³-hybridized carbons (Fsp3) is 0.200. The maximum atomic E-state index is 13.5. The average molecular weight is 349 g/mol. The molecule has 3 N–H and O–H groups in total. The normalized spacial score (nSPS) is 14.0. The molecule has 2 rings (SSSR count). The van der Waals surface area contributed by atoms with E-state index in [1.165, 1.54) is 12.1 Å². The molecule has 6 heteroatoms. The van der Waals surface area contributed by atoms with Crippen LogP contribution < -0.4 is 5.73 Å². The number of benzene rings is 2. The molecule has 2 aromatic rings. The summed E-state index contributed by atoms with van der Waals surface area (Å²) in [7, 11) is 0. The van der Waals surface area contributed by atoms with Gasteiger partial charge in [0.05, 0.1) is 21.2 Å². The minimum absolute atomic E-state index is 0.108. The number of halogens is 4. The van der Waals surface area contributed by atoms with Gasteiger partial charge in [0.1, 0.15) is 5.82 Å². The van der Waals surface area contributed by atoms with Gasteiger partial charge >= 0.3 is 0 Å². The lowest BCUT2D eigenvalue weighted by molar-refractivity contribution is 0.147. The lowest BCUT2D eigenvalue weighted by atomic mass is 9.89. The summed E-state index contributed by atoms with van der Waals surface area (Å²) in [5.74, 6) is -1.06. The molecule has 0 spiro atoms. The van der Waals surface area contributed by atoms with Gasteiger partial charge in [-0.05, 0) is 23.8 Å². The van der Waals surface area contributed by atoms with Crippen LogP contribution in [0.25, 0.3) is 0 Å². The van der Waals surface area contributed by atoms with Crippen LogP contribution in [-0.2, 0) is 0 Å². The molecule has 2 unspecified atom stereocenters. The molecule has 2 atom stereocenters. The van der Waals surface area contributed by atoms with Crippen LogP contribution in [0.2, 0.25) is 15.1 Å². The highest BCUT2D eigenvalue weighted by atomic mass is 35.5. The molecule has 21 heavy (non-hydrogen) atoms. The molecule has 2 nitrogen and oxygen atoms in total. The highest BCUT2D eigenvalue weighted by Crippen LogP contribution is 2.36. The Morgan fingerprint density at radius 3 is 2.43 bits per heavy atom. The van der Waals surface area contributed by atoms with E-state index in [1.54, 1.807) is 24.3 Å². The third-order valence-corrected chi connectivity index (χ3v) is 4.44. The van der Waals surface area contributed by atoms with Gasteiger partial charge in [0.25, 0.3) is 0 Å². The van der Waals surface area contributed by atoms with Crippen molar-refractivity contribution in [3.63, 3.8) is 0 Å². The maximum absolute atomic E-state index is 13.5. The number of aliphatic hydroxyl groups excluding tert-OH is 1. The van der Waals surface area contributed by atoms with E-state index in [9.17, 15) is 9.50 Å². The van der Waals surface area contributed by atoms with Crippen molar-refractivity contribution >= 4 is 34.8 Å². The Bertz CT molecular complexity index is 651. The van der Waals surface area contributed by atoms with E-state index in [0.717, 1.165) is 0 Å². The lowest BCUT2D eigenvalue weighted by Crippen LogP contribution is -2.20. The zero-order valence-electron chi connectivity index (χ0n) is 10.9. The Kier molecular flexibility index (Phi) is 5.47. The summed E-state index contributed by atoms with van der Waals surface area (Å²) in [6, 6.07) is 9.27. The Hall–Kier alpha value is -0.840. The van der Waals surface area contributed by atoms with Crippen molar-refractivity contribution in [3.8, 4) is 0 Å². The Morgan fingerprint density at radius 2 is 1.81 bits per heavy atom. The summed E-state index contributed by atoms with van der Waals surface area (Å²) < 4.78 is 13.5. The van der Waals surface area contributed by atoms with Crippen LogP contribution in [0.3, 0.4) is 0 Å². The summed E-state index contributed by atoms with van der Waals surface area (Å²) in [5.41, 5.74) is 6.74. The molecule has 0 aliphatic heterocycles. The number of aliphatic hydroxyl groups is 1. The Morgan fingerprint density at radius 1 is 1.10 bits per heavy atom. The molecular formula is C15H13Cl3FNO. The van der Waals surface area contributed by atoms with Crippen LogP contribution in [0.5, 0.6) is 0 Å². The molecule has 0 bridgehead atoms. The van der Waals surface area contributed by atoms with Crippen LogP contribution in [0.4, 0.5) is 4.39 Å². The highest BCUT2D eigenvalue weighted by molar-refractivity contribution is 6.42. The summed E-state index contributed by atoms with van der Waals surface area (Å²) >= 11 is 17.8. The first kappa shape index (κ1) is 16.5. The number of hydrogen-bond donors (Lipinski definition) is 2. The summed E-state index contributed by atoms with van der Waals surface area (Å²) in [4.78, 5) is 0. The Labute approximate surface area is 137 Å². The van der Waals surface area contributed by atoms with Gasteiger partial charge in [0.2, 0.25) is 0 Å². The molecule has 0 aliphatic rings. The van der Waals surface area contributed by atoms with Crippen molar-refractivity contribution < 1.29 is 9.50 Å².